The van der Waals surface area contributed by atoms with Gasteiger partial charge in [-0.1, -0.05) is 19.8 Å². The van der Waals surface area contributed by atoms with Gasteiger partial charge in [0.15, 0.2) is 16.6 Å². The summed E-state index contributed by atoms with van der Waals surface area (Å²) in [6.07, 6.45) is 7.85. The lowest BCUT2D eigenvalue weighted by atomic mass is 9.83. The second kappa shape index (κ2) is 6.98. The van der Waals surface area contributed by atoms with Crippen molar-refractivity contribution in [2.24, 2.45) is 5.92 Å². The van der Waals surface area contributed by atoms with Gasteiger partial charge in [-0.15, -0.1) is 0 Å². The van der Waals surface area contributed by atoms with Crippen LogP contribution in [0.2, 0.25) is 0 Å². The molecule has 108 valence electrons. The third kappa shape index (κ3) is 3.75. The van der Waals surface area contributed by atoms with Crippen LogP contribution in [-0.2, 0) is 0 Å². The number of rotatable bonds is 6. The van der Waals surface area contributed by atoms with Crippen LogP contribution in [0.3, 0.4) is 0 Å². The first-order chi connectivity index (χ1) is 9.24. The molecular weight excluding hydrogens is 258 g/mol. The second-order valence-corrected chi connectivity index (χ2v) is 6.08. The summed E-state index contributed by atoms with van der Waals surface area (Å²) in [6.45, 7) is 4.87. The number of nitrogens with two attached hydrogens (primary N) is 1. The Hall–Kier alpha value is -0.970. The van der Waals surface area contributed by atoms with E-state index in [0.29, 0.717) is 18.5 Å². The fourth-order valence-corrected chi connectivity index (χ4v) is 3.60. The molecule has 1 fully saturated rings. The summed E-state index contributed by atoms with van der Waals surface area (Å²) >= 11 is 1.41. The van der Waals surface area contributed by atoms with E-state index in [2.05, 4.69) is 16.6 Å². The molecular formula is C14H25N3OS. The van der Waals surface area contributed by atoms with Crippen LogP contribution >= 0.6 is 11.5 Å². The molecule has 0 aromatic carbocycles. The van der Waals surface area contributed by atoms with Crippen LogP contribution in [0.1, 0.15) is 52.4 Å². The van der Waals surface area contributed by atoms with Gasteiger partial charge in [-0.2, -0.15) is 4.37 Å². The molecule has 0 spiro atoms. The molecule has 0 saturated heterocycles. The Morgan fingerprint density at radius 1 is 1.32 bits per heavy atom. The average Bonchev–Trinajstić information content (AvgIpc) is 2.75. The summed E-state index contributed by atoms with van der Waals surface area (Å²) in [5.74, 6) is 2.18. The smallest absolute Gasteiger partial charge is 0.197 e. The van der Waals surface area contributed by atoms with Crippen LogP contribution in [0.5, 0.6) is 5.75 Å². The molecule has 2 rings (SSSR count). The first kappa shape index (κ1) is 14.4. The van der Waals surface area contributed by atoms with E-state index in [1.807, 2.05) is 6.92 Å². The van der Waals surface area contributed by atoms with E-state index in [-0.39, 0.29) is 0 Å². The van der Waals surface area contributed by atoms with Gasteiger partial charge in [0.05, 0.1) is 6.61 Å². The summed E-state index contributed by atoms with van der Waals surface area (Å²) < 4.78 is 9.75. The van der Waals surface area contributed by atoms with E-state index >= 15 is 0 Å². The Morgan fingerprint density at radius 3 is 2.68 bits per heavy atom. The highest BCUT2D eigenvalue weighted by Crippen LogP contribution is 2.38. The summed E-state index contributed by atoms with van der Waals surface area (Å²) in [4.78, 5) is 0. The highest BCUT2D eigenvalue weighted by atomic mass is 32.1. The van der Waals surface area contributed by atoms with Crippen molar-refractivity contribution in [1.82, 2.24) is 4.37 Å². The van der Waals surface area contributed by atoms with Gasteiger partial charge in [0, 0.05) is 6.04 Å². The van der Waals surface area contributed by atoms with Crippen LogP contribution in [0.25, 0.3) is 0 Å². The fraction of sp³-hybridized carbons (Fsp3) is 0.786. The maximum atomic E-state index is 5.83. The molecule has 0 aliphatic heterocycles. The van der Waals surface area contributed by atoms with Crippen molar-refractivity contribution in [3.05, 3.63) is 0 Å². The lowest BCUT2D eigenvalue weighted by Crippen LogP contribution is -2.25. The van der Waals surface area contributed by atoms with Crippen molar-refractivity contribution in [2.45, 2.75) is 58.4 Å². The molecule has 1 aliphatic carbocycles. The first-order valence-corrected chi connectivity index (χ1v) is 8.16. The number of nitrogens with zero attached hydrogens (tertiary/aromatic N) is 1. The lowest BCUT2D eigenvalue weighted by Gasteiger charge is -2.29. The predicted octanol–water partition coefficient (Wildman–Crippen LogP) is 3.89. The van der Waals surface area contributed by atoms with Crippen molar-refractivity contribution in [1.29, 1.82) is 0 Å². The monoisotopic (exact) mass is 283 g/mol. The van der Waals surface area contributed by atoms with E-state index in [1.165, 1.54) is 50.1 Å². The van der Waals surface area contributed by atoms with Gasteiger partial charge in [-0.3, -0.25) is 0 Å². The topological polar surface area (TPSA) is 60.2 Å². The molecule has 0 unspecified atom stereocenters. The van der Waals surface area contributed by atoms with Gasteiger partial charge in [-0.05, 0) is 50.1 Å². The largest absolute Gasteiger partial charge is 0.487 e. The van der Waals surface area contributed by atoms with Crippen molar-refractivity contribution in [2.75, 3.05) is 17.7 Å². The Kier molecular flexibility index (Phi) is 5.31. The molecule has 0 atom stereocenters. The molecule has 0 amide bonds. The van der Waals surface area contributed by atoms with E-state index < -0.39 is 0 Å². The molecule has 5 heteroatoms. The molecule has 1 aliphatic rings. The SMILES string of the molecule is CCCC1CCC(Nc2snc(N)c2OCC)CC1. The maximum Gasteiger partial charge on any atom is 0.197 e. The van der Waals surface area contributed by atoms with Gasteiger partial charge in [-0.25, -0.2) is 0 Å². The molecule has 1 aromatic heterocycles. The van der Waals surface area contributed by atoms with Crippen molar-refractivity contribution in [3.8, 4) is 5.75 Å². The standard InChI is InChI=1S/C14H25N3OS/c1-3-5-10-6-8-11(9-7-10)16-14-12(18-4-2)13(15)17-19-14/h10-11,16H,3-9H2,1-2H3,(H2,15,17). The highest BCUT2D eigenvalue weighted by Gasteiger charge is 2.22. The Balaban J connectivity index is 1.88. The summed E-state index contributed by atoms with van der Waals surface area (Å²) in [5, 5.41) is 4.57. The van der Waals surface area contributed by atoms with Gasteiger partial charge < -0.3 is 15.8 Å². The normalized spacial score (nSPS) is 23.3. The molecule has 4 nitrogen and oxygen atoms in total. The zero-order chi connectivity index (χ0) is 13.7. The maximum absolute atomic E-state index is 5.83. The third-order valence-electron chi connectivity index (χ3n) is 3.84. The molecule has 3 N–H and O–H groups in total. The zero-order valence-electron chi connectivity index (χ0n) is 11.9. The minimum absolute atomic E-state index is 0.508. The van der Waals surface area contributed by atoms with Gasteiger partial charge in [0.1, 0.15) is 0 Å². The number of nitrogen functional groups attached to an aromatic ring is 1. The van der Waals surface area contributed by atoms with Crippen LogP contribution in [0, 0.1) is 5.92 Å². The Labute approximate surface area is 119 Å². The molecule has 0 bridgehead atoms. The molecule has 1 heterocycles. The Morgan fingerprint density at radius 2 is 2.05 bits per heavy atom. The van der Waals surface area contributed by atoms with E-state index in [1.54, 1.807) is 0 Å². The van der Waals surface area contributed by atoms with Gasteiger partial charge in [0.2, 0.25) is 0 Å². The third-order valence-corrected chi connectivity index (χ3v) is 4.62. The number of aromatic nitrogens is 1. The minimum atomic E-state index is 0.508. The summed E-state index contributed by atoms with van der Waals surface area (Å²) in [5.41, 5.74) is 5.83. The van der Waals surface area contributed by atoms with Crippen LogP contribution in [0.4, 0.5) is 10.8 Å². The van der Waals surface area contributed by atoms with Crippen LogP contribution < -0.4 is 15.8 Å². The van der Waals surface area contributed by atoms with Crippen LogP contribution in [0.15, 0.2) is 0 Å². The lowest BCUT2D eigenvalue weighted by molar-refractivity contribution is 0.317. The Bertz CT molecular complexity index is 386. The molecule has 1 aromatic rings. The van der Waals surface area contributed by atoms with Crippen molar-refractivity contribution >= 4 is 22.4 Å². The first-order valence-electron chi connectivity index (χ1n) is 7.39. The van der Waals surface area contributed by atoms with Crippen molar-refractivity contribution in [3.63, 3.8) is 0 Å². The number of anilines is 2. The van der Waals surface area contributed by atoms with Gasteiger partial charge >= 0.3 is 0 Å². The second-order valence-electron chi connectivity index (χ2n) is 5.31. The number of hydrogen-bond donors (Lipinski definition) is 2. The van der Waals surface area contributed by atoms with Gasteiger partial charge in [0.25, 0.3) is 0 Å². The fourth-order valence-electron chi connectivity index (χ4n) is 2.86. The average molecular weight is 283 g/mol. The predicted molar refractivity (Wildman–Crippen MR) is 82.0 cm³/mol. The molecule has 19 heavy (non-hydrogen) atoms. The van der Waals surface area contributed by atoms with Crippen molar-refractivity contribution < 1.29 is 4.74 Å². The quantitative estimate of drug-likeness (QED) is 0.831. The zero-order valence-corrected chi connectivity index (χ0v) is 12.8. The molecule has 1 saturated carbocycles. The van der Waals surface area contributed by atoms with Crippen LogP contribution in [-0.4, -0.2) is 17.0 Å². The highest BCUT2D eigenvalue weighted by molar-refractivity contribution is 7.11. The number of hydrogen-bond acceptors (Lipinski definition) is 5. The number of ether oxygens (including phenoxy) is 1. The summed E-state index contributed by atoms with van der Waals surface area (Å²) in [6, 6.07) is 0.548. The number of nitrogens with one attached hydrogen (secondary N) is 1. The minimum Gasteiger partial charge on any atom is -0.487 e. The van der Waals surface area contributed by atoms with E-state index in [0.717, 1.165) is 16.7 Å². The van der Waals surface area contributed by atoms with E-state index in [4.69, 9.17) is 10.5 Å². The molecule has 0 radical (unpaired) electrons. The summed E-state index contributed by atoms with van der Waals surface area (Å²) in [7, 11) is 0. The van der Waals surface area contributed by atoms with E-state index in [9.17, 15) is 0 Å².